The van der Waals surface area contributed by atoms with Crippen LogP contribution in [0, 0.1) is 5.41 Å². The number of hydrogen-bond acceptors (Lipinski definition) is 4. The molecule has 0 fully saturated rings. The predicted octanol–water partition coefficient (Wildman–Crippen LogP) is 2.19. The molecule has 3 N–H and O–H groups in total. The molecule has 1 aromatic carbocycles. The number of hydrogen-bond donors (Lipinski definition) is 2. The second-order valence-corrected chi connectivity index (χ2v) is 4.91. The molecule has 1 rings (SSSR count). The van der Waals surface area contributed by atoms with Crippen LogP contribution in [-0.4, -0.2) is 23.7 Å². The van der Waals surface area contributed by atoms with Gasteiger partial charge in [0.1, 0.15) is 6.61 Å². The lowest BCUT2D eigenvalue weighted by Crippen LogP contribution is -2.30. The number of ether oxygens (including phenoxy) is 1. The van der Waals surface area contributed by atoms with Gasteiger partial charge >= 0.3 is 11.9 Å². The zero-order valence-corrected chi connectivity index (χ0v) is 10.8. The predicted molar refractivity (Wildman–Crippen MR) is 67.6 cm³/mol. The van der Waals surface area contributed by atoms with E-state index in [2.05, 4.69) is 0 Å². The average Bonchev–Trinajstić information content (AvgIpc) is 2.29. The smallest absolute Gasteiger partial charge is 0.338 e. The summed E-state index contributed by atoms with van der Waals surface area (Å²) in [6.07, 6.45) is 0. The van der Waals surface area contributed by atoms with Crippen molar-refractivity contribution in [3.63, 3.8) is 0 Å². The average molecular weight is 272 g/mol. The molecule has 0 aromatic heterocycles. The van der Waals surface area contributed by atoms with Gasteiger partial charge in [-0.2, -0.15) is 0 Å². The van der Waals surface area contributed by atoms with E-state index in [-0.39, 0.29) is 17.9 Å². The fourth-order valence-electron chi connectivity index (χ4n) is 1.06. The van der Waals surface area contributed by atoms with Gasteiger partial charge in [-0.1, -0.05) is 11.6 Å². The summed E-state index contributed by atoms with van der Waals surface area (Å²) >= 11 is 5.72. The molecule has 98 valence electrons. The summed E-state index contributed by atoms with van der Waals surface area (Å²) < 4.78 is 4.93. The van der Waals surface area contributed by atoms with Gasteiger partial charge in [0, 0.05) is 0 Å². The number of carboxylic acids is 1. The minimum Gasteiger partial charge on any atom is -0.481 e. The van der Waals surface area contributed by atoms with Gasteiger partial charge in [-0.15, -0.1) is 0 Å². The summed E-state index contributed by atoms with van der Waals surface area (Å²) in [5.74, 6) is -1.67. The van der Waals surface area contributed by atoms with Gasteiger partial charge < -0.3 is 15.6 Å². The van der Waals surface area contributed by atoms with E-state index >= 15 is 0 Å². The van der Waals surface area contributed by atoms with E-state index in [0.29, 0.717) is 5.02 Å². The zero-order valence-electron chi connectivity index (χ0n) is 10.1. The van der Waals surface area contributed by atoms with Crippen LogP contribution in [0.1, 0.15) is 24.2 Å². The topological polar surface area (TPSA) is 89.6 Å². The maximum absolute atomic E-state index is 11.7. The number of halogens is 1. The van der Waals surface area contributed by atoms with Crippen molar-refractivity contribution >= 4 is 29.2 Å². The van der Waals surface area contributed by atoms with E-state index < -0.39 is 17.4 Å². The van der Waals surface area contributed by atoms with Crippen molar-refractivity contribution in [1.29, 1.82) is 0 Å². The third-order valence-electron chi connectivity index (χ3n) is 2.37. The monoisotopic (exact) mass is 271 g/mol. The van der Waals surface area contributed by atoms with Crippen LogP contribution < -0.4 is 5.73 Å². The molecule has 0 atom stereocenters. The Kier molecular flexibility index (Phi) is 4.19. The molecule has 0 spiro atoms. The summed E-state index contributed by atoms with van der Waals surface area (Å²) in [4.78, 5) is 22.5. The molecule has 1 aromatic rings. The van der Waals surface area contributed by atoms with Crippen molar-refractivity contribution < 1.29 is 19.4 Å². The number of nitrogen functional groups attached to an aromatic ring is 1. The minimum absolute atomic E-state index is 0.219. The normalized spacial score (nSPS) is 11.1. The Morgan fingerprint density at radius 2 is 2.06 bits per heavy atom. The summed E-state index contributed by atoms with van der Waals surface area (Å²) in [7, 11) is 0. The number of carbonyl (C=O) groups is 2. The Balaban J connectivity index is 2.72. The fraction of sp³-hybridized carbons (Fsp3) is 0.333. The lowest BCUT2D eigenvalue weighted by Gasteiger charge is -2.18. The highest BCUT2D eigenvalue weighted by Gasteiger charge is 2.29. The summed E-state index contributed by atoms with van der Waals surface area (Å²) in [6.45, 7) is 2.72. The van der Waals surface area contributed by atoms with Crippen LogP contribution in [0.5, 0.6) is 0 Å². The van der Waals surface area contributed by atoms with E-state index in [1.165, 1.54) is 32.0 Å². The first-order chi connectivity index (χ1) is 8.24. The highest BCUT2D eigenvalue weighted by molar-refractivity contribution is 6.33. The third-order valence-corrected chi connectivity index (χ3v) is 2.72. The second kappa shape index (κ2) is 5.27. The van der Waals surface area contributed by atoms with Crippen LogP contribution in [0.3, 0.4) is 0 Å². The largest absolute Gasteiger partial charge is 0.481 e. The number of carbonyl (C=O) groups excluding carboxylic acids is 1. The molecule has 5 nitrogen and oxygen atoms in total. The Hall–Kier alpha value is -1.75. The number of nitrogens with two attached hydrogens (primary N) is 1. The van der Waals surface area contributed by atoms with Crippen LogP contribution in [0.15, 0.2) is 18.2 Å². The number of esters is 1. The molecule has 0 radical (unpaired) electrons. The van der Waals surface area contributed by atoms with Gasteiger partial charge in [0.2, 0.25) is 0 Å². The molecular formula is C12H14ClNO4. The maximum atomic E-state index is 11.7. The SMILES string of the molecule is CC(C)(COC(=O)c1ccc(Cl)c(N)c1)C(=O)O. The van der Waals surface area contributed by atoms with E-state index in [1.54, 1.807) is 0 Å². The molecule has 0 saturated heterocycles. The Labute approximate surface area is 109 Å². The molecule has 0 unspecified atom stereocenters. The van der Waals surface area contributed by atoms with Crippen LogP contribution in [-0.2, 0) is 9.53 Å². The number of rotatable bonds is 4. The second-order valence-electron chi connectivity index (χ2n) is 4.50. The van der Waals surface area contributed by atoms with Crippen LogP contribution in [0.2, 0.25) is 5.02 Å². The molecule has 0 aliphatic carbocycles. The fourth-order valence-corrected chi connectivity index (χ4v) is 1.18. The van der Waals surface area contributed by atoms with Gasteiger partial charge in [0.25, 0.3) is 0 Å². The maximum Gasteiger partial charge on any atom is 0.338 e. The number of anilines is 1. The summed E-state index contributed by atoms with van der Waals surface area (Å²) in [6, 6.07) is 4.34. The first-order valence-electron chi connectivity index (χ1n) is 5.19. The van der Waals surface area contributed by atoms with Crippen molar-refractivity contribution in [3.05, 3.63) is 28.8 Å². The Bertz CT molecular complexity index is 485. The molecule has 0 bridgehead atoms. The van der Waals surface area contributed by atoms with Gasteiger partial charge in [-0.3, -0.25) is 4.79 Å². The zero-order chi connectivity index (χ0) is 13.9. The third kappa shape index (κ3) is 3.37. The van der Waals surface area contributed by atoms with Crippen LogP contribution in [0.4, 0.5) is 5.69 Å². The van der Waals surface area contributed by atoms with Crippen molar-refractivity contribution in [2.75, 3.05) is 12.3 Å². The Morgan fingerprint density at radius 3 is 2.56 bits per heavy atom. The molecule has 0 heterocycles. The van der Waals surface area contributed by atoms with Crippen LogP contribution in [0.25, 0.3) is 0 Å². The molecular weight excluding hydrogens is 258 g/mol. The van der Waals surface area contributed by atoms with E-state index in [9.17, 15) is 9.59 Å². The summed E-state index contributed by atoms with van der Waals surface area (Å²) in [5, 5.41) is 9.22. The van der Waals surface area contributed by atoms with Crippen molar-refractivity contribution in [3.8, 4) is 0 Å². The summed E-state index contributed by atoms with van der Waals surface area (Å²) in [5.41, 5.74) is 4.93. The number of aliphatic carboxylic acids is 1. The molecule has 6 heteroatoms. The van der Waals surface area contributed by atoms with Crippen LogP contribution >= 0.6 is 11.6 Å². The number of carboxylic acid groups (broad SMARTS) is 1. The molecule has 18 heavy (non-hydrogen) atoms. The standard InChI is InChI=1S/C12H14ClNO4/c1-12(2,11(16)17)6-18-10(15)7-3-4-8(13)9(14)5-7/h3-5H,6,14H2,1-2H3,(H,16,17). The highest BCUT2D eigenvalue weighted by atomic mass is 35.5. The quantitative estimate of drug-likeness (QED) is 0.647. The molecule has 0 amide bonds. The number of benzene rings is 1. The van der Waals surface area contributed by atoms with Gasteiger partial charge in [0.15, 0.2) is 0 Å². The van der Waals surface area contributed by atoms with E-state index in [4.69, 9.17) is 27.2 Å². The molecule has 0 aliphatic rings. The minimum atomic E-state index is -1.13. The van der Waals surface area contributed by atoms with E-state index in [0.717, 1.165) is 0 Å². The first kappa shape index (κ1) is 14.3. The van der Waals surface area contributed by atoms with Crippen molar-refractivity contribution in [1.82, 2.24) is 0 Å². The molecule has 0 aliphatic heterocycles. The Morgan fingerprint density at radius 1 is 1.44 bits per heavy atom. The van der Waals surface area contributed by atoms with Gasteiger partial charge in [0.05, 0.1) is 21.7 Å². The first-order valence-corrected chi connectivity index (χ1v) is 5.57. The highest BCUT2D eigenvalue weighted by Crippen LogP contribution is 2.21. The van der Waals surface area contributed by atoms with Gasteiger partial charge in [-0.25, -0.2) is 4.79 Å². The lowest BCUT2D eigenvalue weighted by molar-refractivity contribution is -0.149. The lowest BCUT2D eigenvalue weighted by atomic mass is 9.95. The van der Waals surface area contributed by atoms with Crippen molar-refractivity contribution in [2.24, 2.45) is 5.41 Å². The van der Waals surface area contributed by atoms with Crippen molar-refractivity contribution in [2.45, 2.75) is 13.8 Å². The van der Waals surface area contributed by atoms with E-state index in [1.807, 2.05) is 0 Å². The molecule has 0 saturated carbocycles. The van der Waals surface area contributed by atoms with Gasteiger partial charge in [-0.05, 0) is 32.0 Å².